The molecule has 9 nitrogen and oxygen atoms in total. The van der Waals surface area contributed by atoms with Crippen LogP contribution in [0.2, 0.25) is 10.0 Å². The third-order valence-corrected chi connectivity index (χ3v) is 7.73. The molecular weight excluding hydrogens is 561 g/mol. The average Bonchev–Trinajstić information content (AvgIpc) is 3.36. The molecule has 3 aromatic heterocycles. The van der Waals surface area contributed by atoms with Gasteiger partial charge in [-0.2, -0.15) is 10.5 Å². The summed E-state index contributed by atoms with van der Waals surface area (Å²) >= 11 is 13.7. The van der Waals surface area contributed by atoms with Gasteiger partial charge in [-0.05, 0) is 37.3 Å². The molecule has 39 heavy (non-hydrogen) atoms. The Morgan fingerprint density at radius 3 is 2.69 bits per heavy atom. The molecule has 0 saturated carbocycles. The molecule has 0 bridgehead atoms. The highest BCUT2D eigenvalue weighted by atomic mass is 35.5. The highest BCUT2D eigenvalue weighted by Crippen LogP contribution is 2.39. The highest BCUT2D eigenvalue weighted by molar-refractivity contribution is 7.18. The zero-order valence-corrected chi connectivity index (χ0v) is 22.4. The summed E-state index contributed by atoms with van der Waals surface area (Å²) in [6.45, 7) is 1.81. The number of hydrogen-bond donors (Lipinski definition) is 1. The van der Waals surface area contributed by atoms with Crippen LogP contribution in [0.4, 0.5) is 0 Å². The van der Waals surface area contributed by atoms with Gasteiger partial charge in [-0.3, -0.25) is 14.3 Å². The summed E-state index contributed by atoms with van der Waals surface area (Å²) < 4.78 is 8.13. The maximum absolute atomic E-state index is 13.4. The van der Waals surface area contributed by atoms with Gasteiger partial charge in [0.05, 0.1) is 49.4 Å². The number of halogens is 2. The van der Waals surface area contributed by atoms with Crippen LogP contribution in [0.25, 0.3) is 32.2 Å². The maximum atomic E-state index is 13.4. The molecule has 0 amide bonds. The fraction of sp³-hybridized carbons (Fsp3) is 0.111. The minimum atomic E-state index is -1.07. The van der Waals surface area contributed by atoms with E-state index in [9.17, 15) is 25.2 Å². The number of aromatic carboxylic acids is 1. The van der Waals surface area contributed by atoms with Crippen LogP contribution < -0.4 is 10.3 Å². The molecule has 5 rings (SSSR count). The molecule has 0 spiro atoms. The van der Waals surface area contributed by atoms with Crippen LogP contribution in [0, 0.1) is 29.6 Å². The molecule has 0 unspecified atom stereocenters. The van der Waals surface area contributed by atoms with Crippen molar-refractivity contribution in [3.05, 3.63) is 84.8 Å². The molecule has 5 aromatic rings. The van der Waals surface area contributed by atoms with Gasteiger partial charge < -0.3 is 9.84 Å². The van der Waals surface area contributed by atoms with E-state index in [2.05, 4.69) is 9.97 Å². The van der Waals surface area contributed by atoms with Gasteiger partial charge in [0.25, 0.3) is 5.56 Å². The second-order valence-electron chi connectivity index (χ2n) is 8.33. The van der Waals surface area contributed by atoms with E-state index in [1.807, 2.05) is 12.1 Å². The van der Waals surface area contributed by atoms with Crippen LogP contribution in [0.3, 0.4) is 0 Å². The number of pyridine rings is 1. The molecule has 0 atom stereocenters. The zero-order chi connectivity index (χ0) is 27.8. The molecule has 0 aliphatic heterocycles. The molecule has 12 heteroatoms. The summed E-state index contributed by atoms with van der Waals surface area (Å²) in [6, 6.07) is 12.1. The van der Waals surface area contributed by atoms with Crippen LogP contribution in [0.1, 0.15) is 27.3 Å². The number of ether oxygens (including phenoxy) is 1. The Morgan fingerprint density at radius 2 is 1.97 bits per heavy atom. The monoisotopic (exact) mass is 575 g/mol. The molecular formula is C27H15Cl2N5O4S. The fourth-order valence-corrected chi connectivity index (χ4v) is 5.73. The quantitative estimate of drug-likeness (QED) is 0.267. The lowest BCUT2D eigenvalue weighted by molar-refractivity contribution is 0.0699. The van der Waals surface area contributed by atoms with Gasteiger partial charge in [-0.15, -0.1) is 11.3 Å². The van der Waals surface area contributed by atoms with Crippen molar-refractivity contribution in [1.29, 1.82) is 10.5 Å². The van der Waals surface area contributed by atoms with Crippen molar-refractivity contribution in [1.82, 2.24) is 14.5 Å². The Bertz CT molecular complexity index is 1970. The van der Waals surface area contributed by atoms with Crippen molar-refractivity contribution in [3.63, 3.8) is 0 Å². The summed E-state index contributed by atoms with van der Waals surface area (Å²) in [6.07, 6.45) is 1.53. The Balaban J connectivity index is 1.51. The average molecular weight is 576 g/mol. The zero-order valence-electron chi connectivity index (χ0n) is 20.0. The topological polar surface area (TPSA) is 142 Å². The number of rotatable bonds is 6. The summed E-state index contributed by atoms with van der Waals surface area (Å²) in [5.74, 6) is -0.225. The van der Waals surface area contributed by atoms with Crippen LogP contribution in [-0.2, 0) is 6.54 Å². The number of carbonyl (C=O) groups is 1. The molecule has 0 saturated heterocycles. The van der Waals surface area contributed by atoms with Crippen LogP contribution >= 0.6 is 34.5 Å². The van der Waals surface area contributed by atoms with Crippen molar-refractivity contribution >= 4 is 61.6 Å². The first-order valence-corrected chi connectivity index (χ1v) is 12.9. The molecule has 0 fully saturated rings. The van der Waals surface area contributed by atoms with E-state index >= 15 is 0 Å². The van der Waals surface area contributed by atoms with Gasteiger partial charge in [-0.25, -0.2) is 9.78 Å². The first-order chi connectivity index (χ1) is 18.7. The van der Waals surface area contributed by atoms with E-state index in [1.165, 1.54) is 33.5 Å². The standard InChI is InChI=1S/C27H15Cl2N5O4S/c1-13-33-20-8-14(10-30)23(29)18(11-31)22(20)26(35)34(13)6-7-38-21-3-2-15(28)9-17(21)16-4-5-32-24-19(27(36)37)12-39-25(16)24/h2-5,8-9,12H,6-7H2,1H3,(H,36,37). The first kappa shape index (κ1) is 26.1. The van der Waals surface area contributed by atoms with Crippen LogP contribution in [-0.4, -0.2) is 32.2 Å². The number of fused-ring (bicyclic) bond motifs is 2. The van der Waals surface area contributed by atoms with Crippen molar-refractivity contribution in [2.75, 3.05) is 6.61 Å². The second kappa shape index (κ2) is 10.4. The number of nitrogens with zero attached hydrogens (tertiary/aromatic N) is 5. The Labute approximate surface area is 234 Å². The molecule has 3 heterocycles. The number of hydrogen-bond acceptors (Lipinski definition) is 8. The van der Waals surface area contributed by atoms with Gasteiger partial charge >= 0.3 is 5.97 Å². The smallest absolute Gasteiger partial charge is 0.338 e. The summed E-state index contributed by atoms with van der Waals surface area (Å²) in [5.41, 5.74) is 1.52. The minimum Gasteiger partial charge on any atom is -0.491 e. The Kier molecular flexibility index (Phi) is 6.94. The summed E-state index contributed by atoms with van der Waals surface area (Å²) in [4.78, 5) is 33.6. The summed E-state index contributed by atoms with van der Waals surface area (Å²) in [5, 5.41) is 30.4. The fourth-order valence-electron chi connectivity index (χ4n) is 4.30. The molecule has 0 aliphatic rings. The van der Waals surface area contributed by atoms with Crippen LogP contribution in [0.5, 0.6) is 5.75 Å². The van der Waals surface area contributed by atoms with Gasteiger partial charge in [0.2, 0.25) is 0 Å². The first-order valence-electron chi connectivity index (χ1n) is 11.3. The van der Waals surface area contributed by atoms with E-state index in [4.69, 9.17) is 27.9 Å². The third kappa shape index (κ3) is 4.55. The van der Waals surface area contributed by atoms with Gasteiger partial charge in [0, 0.05) is 27.7 Å². The number of aryl methyl sites for hydroxylation is 1. The Hall–Kier alpha value is -4.48. The van der Waals surface area contributed by atoms with Crippen molar-refractivity contribution in [3.8, 4) is 29.0 Å². The molecule has 0 aliphatic carbocycles. The van der Waals surface area contributed by atoms with Gasteiger partial charge in [-0.1, -0.05) is 23.2 Å². The largest absolute Gasteiger partial charge is 0.491 e. The van der Waals surface area contributed by atoms with Gasteiger partial charge in [0.1, 0.15) is 30.3 Å². The lowest BCUT2D eigenvalue weighted by Gasteiger charge is -2.15. The normalized spacial score (nSPS) is 10.9. The van der Waals surface area contributed by atoms with Gasteiger partial charge in [0.15, 0.2) is 0 Å². The number of carboxylic acid groups (broad SMARTS) is 1. The van der Waals surface area contributed by atoms with E-state index in [0.29, 0.717) is 37.9 Å². The summed E-state index contributed by atoms with van der Waals surface area (Å²) in [7, 11) is 0. The van der Waals surface area contributed by atoms with E-state index < -0.39 is 11.5 Å². The highest BCUT2D eigenvalue weighted by Gasteiger charge is 2.20. The Morgan fingerprint density at radius 1 is 1.18 bits per heavy atom. The van der Waals surface area contributed by atoms with E-state index in [1.54, 1.807) is 31.2 Å². The number of carboxylic acids is 1. The SMILES string of the molecule is Cc1nc2cc(C#N)c(Cl)c(C#N)c2c(=O)n1CCOc1ccc(Cl)cc1-c1ccnc2c(C(=O)O)csc12. The molecule has 0 radical (unpaired) electrons. The number of thiophene rings is 1. The van der Waals surface area contributed by atoms with Crippen molar-refractivity contribution < 1.29 is 14.6 Å². The lowest BCUT2D eigenvalue weighted by atomic mass is 10.0. The number of aromatic nitrogens is 3. The predicted molar refractivity (Wildman–Crippen MR) is 148 cm³/mol. The molecule has 1 N–H and O–H groups in total. The second-order valence-corrected chi connectivity index (χ2v) is 10.0. The van der Waals surface area contributed by atoms with E-state index in [-0.39, 0.29) is 45.8 Å². The van der Waals surface area contributed by atoms with Crippen LogP contribution in [0.15, 0.2) is 46.7 Å². The maximum Gasteiger partial charge on any atom is 0.338 e. The van der Waals surface area contributed by atoms with Crippen molar-refractivity contribution in [2.24, 2.45) is 0 Å². The number of nitriles is 2. The number of benzene rings is 2. The minimum absolute atomic E-state index is 0.0328. The molecule has 2 aromatic carbocycles. The van der Waals surface area contributed by atoms with E-state index in [0.717, 1.165) is 0 Å². The molecule has 192 valence electrons. The van der Waals surface area contributed by atoms with Crippen molar-refractivity contribution in [2.45, 2.75) is 13.5 Å². The third-order valence-electron chi connectivity index (χ3n) is 6.10. The predicted octanol–water partition coefficient (Wildman–Crippen LogP) is 5.81. The lowest BCUT2D eigenvalue weighted by Crippen LogP contribution is -2.27.